The lowest BCUT2D eigenvalue weighted by Gasteiger charge is -2.14. The van der Waals surface area contributed by atoms with Crippen molar-refractivity contribution in [3.8, 4) is 10.4 Å². The first-order valence-corrected chi connectivity index (χ1v) is 8.72. The molecule has 0 fully saturated rings. The van der Waals surface area contributed by atoms with Gasteiger partial charge in [0.25, 0.3) is 5.56 Å². The molecule has 1 unspecified atom stereocenters. The van der Waals surface area contributed by atoms with Gasteiger partial charge in [-0.05, 0) is 30.7 Å². The van der Waals surface area contributed by atoms with E-state index in [9.17, 15) is 4.79 Å². The zero-order valence-corrected chi connectivity index (χ0v) is 14.0. The fourth-order valence-electron chi connectivity index (χ4n) is 3.11. The molecule has 0 bridgehead atoms. The van der Waals surface area contributed by atoms with Crippen molar-refractivity contribution in [3.63, 3.8) is 0 Å². The Hall–Kier alpha value is -1.99. The third-order valence-electron chi connectivity index (χ3n) is 4.50. The largest absolute Gasteiger partial charge is 0.321 e. The molecule has 1 aliphatic carbocycles. The highest BCUT2D eigenvalue weighted by atomic mass is 32.1. The molecule has 3 aromatic heterocycles. The maximum atomic E-state index is 12.5. The fraction of sp³-hybridized carbons (Fsp3) is 0.438. The Balaban J connectivity index is 1.99. The maximum Gasteiger partial charge on any atom is 0.268 e. The summed E-state index contributed by atoms with van der Waals surface area (Å²) in [6.45, 7) is 4.06. The van der Waals surface area contributed by atoms with Gasteiger partial charge in [-0.3, -0.25) is 9.89 Å². The summed E-state index contributed by atoms with van der Waals surface area (Å²) in [4.78, 5) is 21.2. The van der Waals surface area contributed by atoms with Crippen LogP contribution < -0.4 is 11.3 Å². The molecule has 3 heterocycles. The lowest BCUT2D eigenvalue weighted by molar-refractivity contribution is 0.491. The van der Waals surface area contributed by atoms with Crippen molar-refractivity contribution in [2.24, 2.45) is 11.7 Å². The van der Waals surface area contributed by atoms with Crippen LogP contribution in [0.25, 0.3) is 20.7 Å². The van der Waals surface area contributed by atoms with E-state index in [0.29, 0.717) is 10.5 Å². The molecular formula is C16H19N5OS. The average Bonchev–Trinajstić information content (AvgIpc) is 3.08. The van der Waals surface area contributed by atoms with Crippen molar-refractivity contribution in [1.29, 1.82) is 0 Å². The van der Waals surface area contributed by atoms with Crippen molar-refractivity contribution in [2.45, 2.75) is 39.2 Å². The molecule has 120 valence electrons. The summed E-state index contributed by atoms with van der Waals surface area (Å²) in [6.07, 6.45) is 4.79. The number of aromatic nitrogens is 4. The standard InChI is InChI=1S/C16H19N5OS/c1-7(2)11(17)15-19-12-8-4-3-5-10-9(6-18-21-10)13(8)23-14(12)16(22)20-15/h6-7,11H,3-5,17H2,1-2H3,(H,18,21)(H,19,20,22). The first-order valence-electron chi connectivity index (χ1n) is 7.90. The highest BCUT2D eigenvalue weighted by Gasteiger charge is 2.24. The molecule has 0 saturated carbocycles. The van der Waals surface area contributed by atoms with Crippen LogP contribution in [0, 0.1) is 5.92 Å². The van der Waals surface area contributed by atoms with Crippen LogP contribution in [-0.4, -0.2) is 20.2 Å². The number of aromatic amines is 2. The molecule has 4 rings (SSSR count). The SMILES string of the molecule is CC(C)C(N)c1nc2c3c(sc2c(=O)[nH]1)-c1c[nH]nc1CCC3. The Morgan fingerprint density at radius 1 is 1.35 bits per heavy atom. The third kappa shape index (κ3) is 2.22. The van der Waals surface area contributed by atoms with Gasteiger partial charge in [0.05, 0.1) is 17.3 Å². The lowest BCUT2D eigenvalue weighted by atomic mass is 10.0. The van der Waals surface area contributed by atoms with Crippen molar-refractivity contribution in [3.05, 3.63) is 33.6 Å². The molecular weight excluding hydrogens is 310 g/mol. The van der Waals surface area contributed by atoms with Gasteiger partial charge in [0.15, 0.2) is 0 Å². The molecule has 0 amide bonds. The van der Waals surface area contributed by atoms with Gasteiger partial charge in [-0.15, -0.1) is 11.3 Å². The Bertz CT molecular complexity index is 936. The summed E-state index contributed by atoms with van der Waals surface area (Å²) in [6, 6.07) is -0.266. The Labute approximate surface area is 137 Å². The molecule has 6 nitrogen and oxygen atoms in total. The molecule has 23 heavy (non-hydrogen) atoms. The summed E-state index contributed by atoms with van der Waals surface area (Å²) in [5.74, 6) is 0.795. The number of rotatable bonds is 2. The van der Waals surface area contributed by atoms with E-state index in [1.807, 2.05) is 20.0 Å². The highest BCUT2D eigenvalue weighted by molar-refractivity contribution is 7.22. The quantitative estimate of drug-likeness (QED) is 0.672. The van der Waals surface area contributed by atoms with Crippen LogP contribution in [0.1, 0.15) is 43.4 Å². The van der Waals surface area contributed by atoms with Gasteiger partial charge >= 0.3 is 0 Å². The van der Waals surface area contributed by atoms with E-state index in [-0.39, 0.29) is 17.5 Å². The van der Waals surface area contributed by atoms with Gasteiger partial charge in [-0.1, -0.05) is 13.8 Å². The first kappa shape index (κ1) is 14.6. The zero-order valence-electron chi connectivity index (χ0n) is 13.1. The second-order valence-corrected chi connectivity index (χ2v) is 7.43. The van der Waals surface area contributed by atoms with Gasteiger partial charge in [0, 0.05) is 16.6 Å². The molecule has 1 atom stereocenters. The van der Waals surface area contributed by atoms with Gasteiger partial charge in [-0.2, -0.15) is 5.10 Å². The second-order valence-electron chi connectivity index (χ2n) is 6.41. The molecule has 0 aromatic carbocycles. The molecule has 0 radical (unpaired) electrons. The monoisotopic (exact) mass is 329 g/mol. The van der Waals surface area contributed by atoms with Crippen LogP contribution in [0.5, 0.6) is 0 Å². The number of nitrogens with two attached hydrogens (primary N) is 1. The minimum absolute atomic E-state index is 0.0933. The van der Waals surface area contributed by atoms with E-state index in [2.05, 4.69) is 15.2 Å². The molecule has 0 aliphatic heterocycles. The Morgan fingerprint density at radius 3 is 2.96 bits per heavy atom. The molecule has 0 spiro atoms. The number of hydrogen-bond donors (Lipinski definition) is 3. The van der Waals surface area contributed by atoms with Crippen molar-refractivity contribution in [1.82, 2.24) is 20.2 Å². The topological polar surface area (TPSA) is 100 Å². The van der Waals surface area contributed by atoms with Crippen LogP contribution >= 0.6 is 11.3 Å². The van der Waals surface area contributed by atoms with Gasteiger partial charge in [-0.25, -0.2) is 4.98 Å². The summed E-state index contributed by atoms with van der Waals surface area (Å²) >= 11 is 1.51. The summed E-state index contributed by atoms with van der Waals surface area (Å²) in [5, 5.41) is 7.28. The van der Waals surface area contributed by atoms with Crippen molar-refractivity contribution in [2.75, 3.05) is 0 Å². The van der Waals surface area contributed by atoms with Gasteiger partial charge in [0.1, 0.15) is 10.5 Å². The third-order valence-corrected chi connectivity index (χ3v) is 5.75. The molecule has 1 aliphatic rings. The van der Waals surface area contributed by atoms with Crippen LogP contribution in [0.4, 0.5) is 0 Å². The van der Waals surface area contributed by atoms with Crippen molar-refractivity contribution >= 4 is 21.6 Å². The number of hydrogen-bond acceptors (Lipinski definition) is 5. The molecule has 0 saturated heterocycles. The summed E-state index contributed by atoms with van der Waals surface area (Å²) < 4.78 is 0.684. The van der Waals surface area contributed by atoms with Crippen LogP contribution in [-0.2, 0) is 12.8 Å². The van der Waals surface area contributed by atoms with Crippen LogP contribution in [0.2, 0.25) is 0 Å². The average molecular weight is 329 g/mol. The second kappa shape index (κ2) is 5.28. The first-order chi connectivity index (χ1) is 11.1. The van der Waals surface area contributed by atoms with E-state index in [0.717, 1.165) is 46.5 Å². The summed E-state index contributed by atoms with van der Waals surface area (Å²) in [7, 11) is 0. The fourth-order valence-corrected chi connectivity index (χ4v) is 4.33. The summed E-state index contributed by atoms with van der Waals surface area (Å²) in [5.41, 5.74) is 10.3. The van der Waals surface area contributed by atoms with E-state index in [1.165, 1.54) is 11.3 Å². The van der Waals surface area contributed by atoms with Gasteiger partial charge < -0.3 is 10.7 Å². The molecule has 4 N–H and O–H groups in total. The van der Waals surface area contributed by atoms with Crippen LogP contribution in [0.3, 0.4) is 0 Å². The number of aryl methyl sites for hydroxylation is 2. The number of H-pyrrole nitrogens is 2. The van der Waals surface area contributed by atoms with Gasteiger partial charge in [0.2, 0.25) is 0 Å². The maximum absolute atomic E-state index is 12.5. The Kier molecular flexibility index (Phi) is 3.35. The number of thiophene rings is 1. The number of nitrogens with one attached hydrogen (secondary N) is 2. The molecule has 3 aromatic rings. The smallest absolute Gasteiger partial charge is 0.268 e. The highest BCUT2D eigenvalue weighted by Crippen LogP contribution is 2.40. The number of nitrogens with zero attached hydrogens (tertiary/aromatic N) is 2. The van der Waals surface area contributed by atoms with Crippen LogP contribution in [0.15, 0.2) is 11.0 Å². The zero-order chi connectivity index (χ0) is 16.1. The predicted molar refractivity (Wildman–Crippen MR) is 91.6 cm³/mol. The molecule has 7 heteroatoms. The van der Waals surface area contributed by atoms with E-state index >= 15 is 0 Å². The van der Waals surface area contributed by atoms with E-state index in [4.69, 9.17) is 10.7 Å². The van der Waals surface area contributed by atoms with E-state index in [1.54, 1.807) is 0 Å². The minimum Gasteiger partial charge on any atom is -0.321 e. The van der Waals surface area contributed by atoms with Crippen molar-refractivity contribution < 1.29 is 0 Å². The normalized spacial score (nSPS) is 15.5. The predicted octanol–water partition coefficient (Wildman–Crippen LogP) is 2.52. The minimum atomic E-state index is -0.266. The lowest BCUT2D eigenvalue weighted by Crippen LogP contribution is -2.23. The van der Waals surface area contributed by atoms with E-state index < -0.39 is 0 Å². The Morgan fingerprint density at radius 2 is 2.17 bits per heavy atom. The number of fused-ring (bicyclic) bond motifs is 5.